The first kappa shape index (κ1) is 20.1. The molecule has 0 aliphatic carbocycles. The predicted octanol–water partition coefficient (Wildman–Crippen LogP) is 2.26. The summed E-state index contributed by atoms with van der Waals surface area (Å²) < 4.78 is 5.67. The fourth-order valence-corrected chi connectivity index (χ4v) is 3.07. The normalized spacial score (nSPS) is 12.9. The van der Waals surface area contributed by atoms with Crippen molar-refractivity contribution in [2.24, 2.45) is 5.73 Å². The molecule has 0 saturated carbocycles. The lowest BCUT2D eigenvalue weighted by molar-refractivity contribution is -0.131. The second-order valence-electron chi connectivity index (χ2n) is 6.95. The van der Waals surface area contributed by atoms with Crippen molar-refractivity contribution in [3.05, 3.63) is 64.6 Å². The fraction of sp³-hybridized carbons (Fsp3) is 0.227. The number of nitrogens with two attached hydrogens (primary N) is 1. The number of ether oxygens (including phenoxy) is 1. The van der Waals surface area contributed by atoms with E-state index in [1.807, 2.05) is 31.2 Å². The van der Waals surface area contributed by atoms with Crippen LogP contribution >= 0.6 is 0 Å². The lowest BCUT2D eigenvalue weighted by atomic mass is 9.97. The Morgan fingerprint density at radius 3 is 2.48 bits per heavy atom. The first-order chi connectivity index (χ1) is 13.8. The first-order valence-corrected chi connectivity index (χ1v) is 9.25. The summed E-state index contributed by atoms with van der Waals surface area (Å²) in [5, 5.41) is 3.72. The van der Waals surface area contributed by atoms with Gasteiger partial charge in [0.15, 0.2) is 6.10 Å². The van der Waals surface area contributed by atoms with Crippen LogP contribution in [0.15, 0.2) is 53.5 Å². The third-order valence-electron chi connectivity index (χ3n) is 4.78. The number of nitrogens with one attached hydrogen (secondary N) is 2. The summed E-state index contributed by atoms with van der Waals surface area (Å²) in [6.07, 6.45) is 0.835. The maximum Gasteiger partial charge on any atom is 0.261 e. The van der Waals surface area contributed by atoms with Gasteiger partial charge >= 0.3 is 0 Å². The quantitative estimate of drug-likeness (QED) is 0.596. The zero-order valence-electron chi connectivity index (χ0n) is 16.5. The number of pyridine rings is 1. The van der Waals surface area contributed by atoms with Gasteiger partial charge in [0.1, 0.15) is 11.8 Å². The van der Waals surface area contributed by atoms with Crippen LogP contribution in [0.1, 0.15) is 19.4 Å². The van der Waals surface area contributed by atoms with Crippen LogP contribution in [0, 0.1) is 6.92 Å². The maximum atomic E-state index is 12.4. The van der Waals surface area contributed by atoms with Crippen LogP contribution in [0.2, 0.25) is 0 Å². The molecule has 4 N–H and O–H groups in total. The number of hydrogen-bond acceptors (Lipinski definition) is 4. The van der Waals surface area contributed by atoms with E-state index in [1.54, 1.807) is 31.3 Å². The van der Waals surface area contributed by atoms with Gasteiger partial charge in [-0.2, -0.15) is 0 Å². The number of H-pyrrole nitrogens is 1. The van der Waals surface area contributed by atoms with Crippen molar-refractivity contribution in [1.29, 1.82) is 0 Å². The molecule has 2 amide bonds. The Bertz CT molecular complexity index is 1140. The molecule has 1 aromatic heterocycles. The third-order valence-corrected chi connectivity index (χ3v) is 4.78. The molecule has 0 fully saturated rings. The van der Waals surface area contributed by atoms with E-state index in [1.165, 1.54) is 6.92 Å². The molecular weight excluding hydrogens is 370 g/mol. The second kappa shape index (κ2) is 8.18. The summed E-state index contributed by atoms with van der Waals surface area (Å²) in [6, 6.07) is 12.2. The maximum absolute atomic E-state index is 12.4. The minimum Gasteiger partial charge on any atom is -0.481 e. The largest absolute Gasteiger partial charge is 0.481 e. The number of fused-ring (bicyclic) bond motifs is 1. The van der Waals surface area contributed by atoms with E-state index >= 15 is 0 Å². The summed E-state index contributed by atoms with van der Waals surface area (Å²) >= 11 is 0. The van der Waals surface area contributed by atoms with Gasteiger partial charge in [-0.25, -0.2) is 0 Å². The lowest BCUT2D eigenvalue weighted by Crippen LogP contribution is -2.47. The Kier molecular flexibility index (Phi) is 5.68. The third kappa shape index (κ3) is 4.29. The molecule has 0 aliphatic heterocycles. The molecule has 0 radical (unpaired) electrons. The average Bonchev–Trinajstić information content (AvgIpc) is 2.69. The molecule has 2 aromatic carbocycles. The predicted molar refractivity (Wildman–Crippen MR) is 112 cm³/mol. The van der Waals surface area contributed by atoms with Crippen LogP contribution in [0.25, 0.3) is 21.9 Å². The highest BCUT2D eigenvalue weighted by Gasteiger charge is 2.20. The summed E-state index contributed by atoms with van der Waals surface area (Å²) in [5.74, 6) is -0.732. The van der Waals surface area contributed by atoms with Crippen molar-refractivity contribution in [2.75, 3.05) is 0 Å². The molecule has 3 rings (SSSR count). The highest BCUT2D eigenvalue weighted by Crippen LogP contribution is 2.30. The molecule has 0 spiro atoms. The monoisotopic (exact) mass is 393 g/mol. The summed E-state index contributed by atoms with van der Waals surface area (Å²) in [7, 11) is 0. The molecule has 0 saturated heterocycles. The van der Waals surface area contributed by atoms with E-state index in [4.69, 9.17) is 10.5 Å². The Hall–Kier alpha value is -3.61. The number of aromatic nitrogens is 1. The molecule has 29 heavy (non-hydrogen) atoms. The zero-order valence-corrected chi connectivity index (χ0v) is 16.5. The summed E-state index contributed by atoms with van der Waals surface area (Å²) in [6.45, 7) is 5.06. The SMILES string of the molecule is Cc1ccccc1-c1c[nH]c(=O)c2cc(O[C@H](C)C(=O)N[C@H](C)C(N)=O)ccc12. The molecule has 2 atom stereocenters. The van der Waals surface area contributed by atoms with Crippen molar-refractivity contribution in [3.63, 3.8) is 0 Å². The standard InChI is InChI=1S/C22H23N3O4/c1-12-6-4-5-7-16(12)19-11-24-22(28)18-10-15(8-9-17(18)19)29-14(3)21(27)25-13(2)20(23)26/h4-11,13-14H,1-3H3,(H2,23,26)(H,24,28)(H,25,27)/t13-,14-/m1/s1. The van der Waals surface area contributed by atoms with Crippen molar-refractivity contribution in [3.8, 4) is 16.9 Å². The van der Waals surface area contributed by atoms with Crippen LogP contribution < -0.4 is 21.3 Å². The highest BCUT2D eigenvalue weighted by atomic mass is 16.5. The number of amides is 2. The van der Waals surface area contributed by atoms with Gasteiger partial charge in [0, 0.05) is 11.8 Å². The molecule has 0 aliphatic rings. The number of primary amides is 1. The average molecular weight is 393 g/mol. The van der Waals surface area contributed by atoms with Crippen LogP contribution in [-0.2, 0) is 9.59 Å². The van der Waals surface area contributed by atoms with Crippen LogP contribution in [-0.4, -0.2) is 28.9 Å². The van der Waals surface area contributed by atoms with Gasteiger partial charge < -0.3 is 20.8 Å². The summed E-state index contributed by atoms with van der Waals surface area (Å²) in [4.78, 5) is 38.4. The second-order valence-corrected chi connectivity index (χ2v) is 6.95. The number of aromatic amines is 1. The number of benzene rings is 2. The first-order valence-electron chi connectivity index (χ1n) is 9.25. The molecule has 7 nitrogen and oxygen atoms in total. The molecule has 0 bridgehead atoms. The van der Waals surface area contributed by atoms with Gasteiger partial charge in [0.25, 0.3) is 11.5 Å². The van der Waals surface area contributed by atoms with Crippen molar-refractivity contribution in [1.82, 2.24) is 10.3 Å². The smallest absolute Gasteiger partial charge is 0.261 e. The van der Waals surface area contributed by atoms with Gasteiger partial charge in [-0.3, -0.25) is 14.4 Å². The Morgan fingerprint density at radius 1 is 1.07 bits per heavy atom. The van der Waals surface area contributed by atoms with E-state index in [9.17, 15) is 14.4 Å². The van der Waals surface area contributed by atoms with E-state index in [-0.39, 0.29) is 5.56 Å². The highest BCUT2D eigenvalue weighted by molar-refractivity contribution is 5.97. The molecule has 150 valence electrons. The van der Waals surface area contributed by atoms with Gasteiger partial charge in [-0.15, -0.1) is 0 Å². The van der Waals surface area contributed by atoms with Gasteiger partial charge in [0.2, 0.25) is 5.91 Å². The van der Waals surface area contributed by atoms with E-state index in [0.717, 1.165) is 22.1 Å². The van der Waals surface area contributed by atoms with E-state index in [0.29, 0.717) is 11.1 Å². The fourth-order valence-electron chi connectivity index (χ4n) is 3.07. The van der Waals surface area contributed by atoms with Crippen LogP contribution in [0.3, 0.4) is 0 Å². The van der Waals surface area contributed by atoms with Crippen molar-refractivity contribution in [2.45, 2.75) is 32.9 Å². The molecule has 3 aromatic rings. The van der Waals surface area contributed by atoms with E-state index in [2.05, 4.69) is 10.3 Å². The minimum atomic E-state index is -0.868. The number of carbonyl (C=O) groups is 2. The molecular formula is C22H23N3O4. The van der Waals surface area contributed by atoms with E-state index < -0.39 is 24.0 Å². The van der Waals surface area contributed by atoms with Gasteiger partial charge in [-0.05, 0) is 55.5 Å². The van der Waals surface area contributed by atoms with Crippen LogP contribution in [0.5, 0.6) is 5.75 Å². The number of carbonyl (C=O) groups excluding carboxylic acids is 2. The number of hydrogen-bond donors (Lipinski definition) is 3. The van der Waals surface area contributed by atoms with Crippen LogP contribution in [0.4, 0.5) is 0 Å². The van der Waals surface area contributed by atoms with Gasteiger partial charge in [0.05, 0.1) is 5.39 Å². The minimum absolute atomic E-state index is 0.248. The Balaban J connectivity index is 1.92. The molecule has 1 heterocycles. The number of rotatable bonds is 6. The van der Waals surface area contributed by atoms with Gasteiger partial charge in [-0.1, -0.05) is 24.3 Å². The van der Waals surface area contributed by atoms with Crippen molar-refractivity contribution >= 4 is 22.6 Å². The summed E-state index contributed by atoms with van der Waals surface area (Å²) in [5.41, 5.74) is 7.93. The molecule has 0 unspecified atom stereocenters. The Morgan fingerprint density at radius 2 is 1.79 bits per heavy atom. The zero-order chi connectivity index (χ0) is 21.1. The number of aryl methyl sites for hydroxylation is 1. The lowest BCUT2D eigenvalue weighted by Gasteiger charge is -2.17. The van der Waals surface area contributed by atoms with Crippen molar-refractivity contribution < 1.29 is 14.3 Å². The Labute approximate surface area is 167 Å². The topological polar surface area (TPSA) is 114 Å². The molecule has 7 heteroatoms.